The van der Waals surface area contributed by atoms with Crippen molar-refractivity contribution >= 4 is 5.95 Å². The van der Waals surface area contributed by atoms with Gasteiger partial charge in [-0.05, 0) is 33.1 Å². The van der Waals surface area contributed by atoms with Crippen molar-refractivity contribution in [2.45, 2.75) is 65.1 Å². The van der Waals surface area contributed by atoms with Crippen LogP contribution in [0.15, 0.2) is 12.3 Å². The molecule has 0 aromatic carbocycles. The minimum atomic E-state index is 0.132. The zero-order valence-corrected chi connectivity index (χ0v) is 13.7. The van der Waals surface area contributed by atoms with Gasteiger partial charge in [0, 0.05) is 37.4 Å². The summed E-state index contributed by atoms with van der Waals surface area (Å²) in [5.41, 5.74) is 0. The zero-order chi connectivity index (χ0) is 15.2. The minimum absolute atomic E-state index is 0.132. The Labute approximate surface area is 128 Å². The van der Waals surface area contributed by atoms with Crippen LogP contribution in [0.5, 0.6) is 5.88 Å². The number of rotatable bonds is 6. The van der Waals surface area contributed by atoms with Crippen molar-refractivity contribution in [1.82, 2.24) is 15.3 Å². The van der Waals surface area contributed by atoms with Gasteiger partial charge < -0.3 is 15.0 Å². The van der Waals surface area contributed by atoms with E-state index in [1.807, 2.05) is 19.9 Å². The number of nitrogens with zero attached hydrogens (tertiary/aromatic N) is 3. The van der Waals surface area contributed by atoms with E-state index in [0.29, 0.717) is 18.0 Å². The standard InChI is InChI=1S/C16H28N4O/c1-12(2)18-11-14-7-5-6-10-20(14)16-17-9-8-15(19-16)21-13(3)4/h8-9,12-14,18H,5-7,10-11H2,1-4H3. The fourth-order valence-electron chi connectivity index (χ4n) is 2.63. The number of hydrogen-bond donors (Lipinski definition) is 1. The molecule has 1 unspecified atom stereocenters. The van der Waals surface area contributed by atoms with E-state index in [2.05, 4.69) is 34.0 Å². The third kappa shape index (κ3) is 4.84. The molecule has 1 N–H and O–H groups in total. The lowest BCUT2D eigenvalue weighted by atomic mass is 10.0. The summed E-state index contributed by atoms with van der Waals surface area (Å²) in [4.78, 5) is 11.4. The molecule has 0 saturated carbocycles. The molecule has 0 spiro atoms. The Hall–Kier alpha value is -1.36. The Balaban J connectivity index is 2.09. The van der Waals surface area contributed by atoms with E-state index in [1.165, 1.54) is 19.3 Å². The van der Waals surface area contributed by atoms with Crippen LogP contribution in [-0.2, 0) is 0 Å². The first kappa shape index (κ1) is 16.0. The van der Waals surface area contributed by atoms with Gasteiger partial charge in [0.25, 0.3) is 0 Å². The van der Waals surface area contributed by atoms with Gasteiger partial charge in [-0.3, -0.25) is 0 Å². The van der Waals surface area contributed by atoms with Gasteiger partial charge in [0.15, 0.2) is 0 Å². The lowest BCUT2D eigenvalue weighted by molar-refractivity contribution is 0.232. The van der Waals surface area contributed by atoms with Gasteiger partial charge in [0.2, 0.25) is 11.8 Å². The monoisotopic (exact) mass is 292 g/mol. The summed E-state index contributed by atoms with van der Waals surface area (Å²) in [6, 6.07) is 2.80. The molecule has 0 bridgehead atoms. The quantitative estimate of drug-likeness (QED) is 0.873. The molecule has 0 amide bonds. The molecule has 0 radical (unpaired) electrons. The van der Waals surface area contributed by atoms with Crippen LogP contribution in [-0.4, -0.2) is 41.2 Å². The fraction of sp³-hybridized carbons (Fsp3) is 0.750. The van der Waals surface area contributed by atoms with Gasteiger partial charge in [-0.25, -0.2) is 4.98 Å². The molecule has 1 fully saturated rings. The summed E-state index contributed by atoms with van der Waals surface area (Å²) < 4.78 is 5.69. The fourth-order valence-corrected chi connectivity index (χ4v) is 2.63. The predicted molar refractivity (Wildman–Crippen MR) is 85.9 cm³/mol. The van der Waals surface area contributed by atoms with E-state index in [-0.39, 0.29) is 6.10 Å². The third-order valence-electron chi connectivity index (χ3n) is 3.62. The van der Waals surface area contributed by atoms with Crippen LogP contribution in [0.2, 0.25) is 0 Å². The molecule has 1 saturated heterocycles. The maximum atomic E-state index is 5.69. The number of ether oxygens (including phenoxy) is 1. The summed E-state index contributed by atoms with van der Waals surface area (Å²) >= 11 is 0. The largest absolute Gasteiger partial charge is 0.475 e. The van der Waals surface area contributed by atoms with Crippen molar-refractivity contribution in [3.05, 3.63) is 12.3 Å². The van der Waals surface area contributed by atoms with Gasteiger partial charge >= 0.3 is 0 Å². The van der Waals surface area contributed by atoms with Crippen molar-refractivity contribution in [2.24, 2.45) is 0 Å². The van der Waals surface area contributed by atoms with E-state index in [0.717, 1.165) is 19.0 Å². The van der Waals surface area contributed by atoms with Crippen LogP contribution in [0, 0.1) is 0 Å². The average molecular weight is 292 g/mol. The van der Waals surface area contributed by atoms with Crippen molar-refractivity contribution in [3.8, 4) is 5.88 Å². The van der Waals surface area contributed by atoms with Crippen LogP contribution in [0.25, 0.3) is 0 Å². The second kappa shape index (κ2) is 7.59. The molecular weight excluding hydrogens is 264 g/mol. The highest BCUT2D eigenvalue weighted by Crippen LogP contribution is 2.23. The summed E-state index contributed by atoms with van der Waals surface area (Å²) in [6.07, 6.45) is 5.60. The van der Waals surface area contributed by atoms with Gasteiger partial charge in [0.05, 0.1) is 6.10 Å². The summed E-state index contributed by atoms with van der Waals surface area (Å²) in [5.74, 6) is 1.46. The highest BCUT2D eigenvalue weighted by molar-refractivity contribution is 5.34. The zero-order valence-electron chi connectivity index (χ0n) is 13.7. The minimum Gasteiger partial charge on any atom is -0.475 e. The molecule has 5 heteroatoms. The van der Waals surface area contributed by atoms with Gasteiger partial charge in [-0.1, -0.05) is 13.8 Å². The molecule has 1 aliphatic rings. The number of nitrogens with one attached hydrogen (secondary N) is 1. The van der Waals surface area contributed by atoms with Crippen molar-refractivity contribution in [1.29, 1.82) is 0 Å². The van der Waals surface area contributed by atoms with E-state index in [4.69, 9.17) is 4.74 Å². The van der Waals surface area contributed by atoms with E-state index in [1.54, 1.807) is 6.20 Å². The molecule has 1 aliphatic heterocycles. The molecule has 2 rings (SSSR count). The highest BCUT2D eigenvalue weighted by atomic mass is 16.5. The van der Waals surface area contributed by atoms with Crippen molar-refractivity contribution in [3.63, 3.8) is 0 Å². The topological polar surface area (TPSA) is 50.3 Å². The third-order valence-corrected chi connectivity index (χ3v) is 3.62. The van der Waals surface area contributed by atoms with Gasteiger partial charge in [-0.15, -0.1) is 0 Å². The van der Waals surface area contributed by atoms with Crippen LogP contribution in [0.1, 0.15) is 47.0 Å². The number of aromatic nitrogens is 2. The molecule has 1 aromatic rings. The van der Waals surface area contributed by atoms with Crippen LogP contribution in [0.3, 0.4) is 0 Å². The van der Waals surface area contributed by atoms with Crippen molar-refractivity contribution < 1.29 is 4.74 Å². The molecule has 2 heterocycles. The molecule has 21 heavy (non-hydrogen) atoms. The first-order chi connectivity index (χ1) is 10.1. The summed E-state index contributed by atoms with van der Waals surface area (Å²) in [5, 5.41) is 3.53. The molecule has 1 atom stereocenters. The predicted octanol–water partition coefficient (Wildman–Crippen LogP) is 2.62. The molecule has 5 nitrogen and oxygen atoms in total. The second-order valence-electron chi connectivity index (χ2n) is 6.27. The normalized spacial score (nSPS) is 19.3. The van der Waals surface area contributed by atoms with Gasteiger partial charge in [0.1, 0.15) is 0 Å². The lowest BCUT2D eigenvalue weighted by Crippen LogP contribution is -2.47. The van der Waals surface area contributed by atoms with Crippen molar-refractivity contribution in [2.75, 3.05) is 18.0 Å². The van der Waals surface area contributed by atoms with E-state index < -0.39 is 0 Å². The molecular formula is C16H28N4O. The summed E-state index contributed by atoms with van der Waals surface area (Å²) in [7, 11) is 0. The SMILES string of the molecule is CC(C)NCC1CCCCN1c1nccc(OC(C)C)n1. The Morgan fingerprint density at radius 2 is 2.14 bits per heavy atom. The molecule has 0 aliphatic carbocycles. The maximum Gasteiger partial charge on any atom is 0.228 e. The Morgan fingerprint density at radius 1 is 1.33 bits per heavy atom. The Kier molecular flexibility index (Phi) is 5.79. The first-order valence-electron chi connectivity index (χ1n) is 8.06. The Bertz CT molecular complexity index is 436. The molecule has 118 valence electrons. The molecule has 1 aromatic heterocycles. The van der Waals surface area contributed by atoms with Gasteiger partial charge in [-0.2, -0.15) is 4.98 Å². The van der Waals surface area contributed by atoms with Crippen LogP contribution < -0.4 is 15.0 Å². The van der Waals surface area contributed by atoms with E-state index in [9.17, 15) is 0 Å². The lowest BCUT2D eigenvalue weighted by Gasteiger charge is -2.36. The highest BCUT2D eigenvalue weighted by Gasteiger charge is 2.24. The van der Waals surface area contributed by atoms with Crippen LogP contribution >= 0.6 is 0 Å². The van der Waals surface area contributed by atoms with Crippen LogP contribution in [0.4, 0.5) is 5.95 Å². The number of hydrogen-bond acceptors (Lipinski definition) is 5. The Morgan fingerprint density at radius 3 is 2.86 bits per heavy atom. The average Bonchev–Trinajstić information content (AvgIpc) is 2.45. The smallest absolute Gasteiger partial charge is 0.228 e. The number of anilines is 1. The second-order valence-corrected chi connectivity index (χ2v) is 6.27. The maximum absolute atomic E-state index is 5.69. The first-order valence-corrected chi connectivity index (χ1v) is 8.06. The van der Waals surface area contributed by atoms with E-state index >= 15 is 0 Å². The summed E-state index contributed by atoms with van der Waals surface area (Å²) in [6.45, 7) is 10.4. The number of piperidine rings is 1.